The van der Waals surface area contributed by atoms with Crippen LogP contribution in [0.2, 0.25) is 0 Å². The standard InChI is InChI=1S/C9H16N2O/c1-9(2,3)7-6-11(4)8(10-7)12-5/h6H,1-5H3. The number of ether oxygens (including phenoxy) is 1. The number of rotatable bonds is 1. The van der Waals surface area contributed by atoms with Crippen LogP contribution in [0.1, 0.15) is 26.5 Å². The van der Waals surface area contributed by atoms with Gasteiger partial charge in [-0.25, -0.2) is 0 Å². The highest BCUT2D eigenvalue weighted by Crippen LogP contribution is 2.22. The molecule has 1 rings (SSSR count). The van der Waals surface area contributed by atoms with E-state index in [1.54, 1.807) is 7.11 Å². The highest BCUT2D eigenvalue weighted by atomic mass is 16.5. The Morgan fingerprint density at radius 2 is 2.00 bits per heavy atom. The van der Waals surface area contributed by atoms with Gasteiger partial charge in [0.2, 0.25) is 0 Å². The van der Waals surface area contributed by atoms with Gasteiger partial charge < -0.3 is 9.30 Å². The maximum atomic E-state index is 5.07. The second-order valence-corrected chi connectivity index (χ2v) is 3.97. The van der Waals surface area contributed by atoms with Gasteiger partial charge in [-0.3, -0.25) is 0 Å². The third-order valence-electron chi connectivity index (χ3n) is 1.78. The summed E-state index contributed by atoms with van der Waals surface area (Å²) in [5.41, 5.74) is 1.15. The van der Waals surface area contributed by atoms with Crippen molar-refractivity contribution in [1.82, 2.24) is 9.55 Å². The van der Waals surface area contributed by atoms with E-state index in [1.807, 2.05) is 17.8 Å². The average Bonchev–Trinajstić information content (AvgIpc) is 2.29. The molecule has 0 aliphatic rings. The summed E-state index contributed by atoms with van der Waals surface area (Å²) >= 11 is 0. The maximum Gasteiger partial charge on any atom is 0.295 e. The molecule has 0 N–H and O–H groups in total. The van der Waals surface area contributed by atoms with Crippen LogP contribution >= 0.6 is 0 Å². The van der Waals surface area contributed by atoms with Crippen molar-refractivity contribution in [3.8, 4) is 6.01 Å². The van der Waals surface area contributed by atoms with Crippen LogP contribution in [0.5, 0.6) is 6.01 Å². The van der Waals surface area contributed by atoms with Crippen LogP contribution in [0.15, 0.2) is 6.20 Å². The lowest BCUT2D eigenvalue weighted by Crippen LogP contribution is -2.11. The Morgan fingerprint density at radius 3 is 2.25 bits per heavy atom. The SMILES string of the molecule is COc1nc(C(C)(C)C)cn1C. The van der Waals surface area contributed by atoms with Crippen molar-refractivity contribution in [2.24, 2.45) is 7.05 Å². The van der Waals surface area contributed by atoms with Crippen molar-refractivity contribution >= 4 is 0 Å². The molecule has 0 fully saturated rings. The topological polar surface area (TPSA) is 27.1 Å². The van der Waals surface area contributed by atoms with E-state index in [0.29, 0.717) is 6.01 Å². The van der Waals surface area contributed by atoms with E-state index in [0.717, 1.165) is 5.69 Å². The molecule has 0 saturated heterocycles. The first-order chi connectivity index (χ1) is 5.45. The smallest absolute Gasteiger partial charge is 0.295 e. The van der Waals surface area contributed by atoms with Crippen molar-refractivity contribution < 1.29 is 4.74 Å². The Bertz CT molecular complexity index is 271. The van der Waals surface area contributed by atoms with Crippen molar-refractivity contribution in [2.45, 2.75) is 26.2 Å². The highest BCUT2D eigenvalue weighted by Gasteiger charge is 2.18. The minimum Gasteiger partial charge on any atom is -0.468 e. The summed E-state index contributed by atoms with van der Waals surface area (Å²) in [6, 6.07) is 0.667. The number of nitrogens with zero attached hydrogens (tertiary/aromatic N) is 2. The van der Waals surface area contributed by atoms with Gasteiger partial charge >= 0.3 is 0 Å². The van der Waals surface area contributed by atoms with Crippen LogP contribution in [0.4, 0.5) is 0 Å². The zero-order valence-corrected chi connectivity index (χ0v) is 8.38. The predicted molar refractivity (Wildman–Crippen MR) is 48.5 cm³/mol. The van der Waals surface area contributed by atoms with Gasteiger partial charge in [-0.05, 0) is 0 Å². The Hall–Kier alpha value is -0.990. The zero-order valence-electron chi connectivity index (χ0n) is 8.38. The number of hydrogen-bond acceptors (Lipinski definition) is 2. The first-order valence-corrected chi connectivity index (χ1v) is 4.03. The van der Waals surface area contributed by atoms with Crippen LogP contribution in [0.25, 0.3) is 0 Å². The Labute approximate surface area is 73.4 Å². The molecule has 0 radical (unpaired) electrons. The minimum atomic E-state index is 0.0918. The summed E-state index contributed by atoms with van der Waals surface area (Å²) < 4.78 is 6.96. The van der Waals surface area contributed by atoms with Crippen molar-refractivity contribution in [3.05, 3.63) is 11.9 Å². The van der Waals surface area contributed by atoms with E-state index in [1.165, 1.54) is 0 Å². The Kier molecular flexibility index (Phi) is 2.13. The zero-order chi connectivity index (χ0) is 9.35. The molecule has 12 heavy (non-hydrogen) atoms. The molecule has 0 amide bonds. The van der Waals surface area contributed by atoms with Crippen LogP contribution in [-0.4, -0.2) is 16.7 Å². The van der Waals surface area contributed by atoms with E-state index in [4.69, 9.17) is 4.74 Å². The monoisotopic (exact) mass is 168 g/mol. The second kappa shape index (κ2) is 2.81. The minimum absolute atomic E-state index is 0.0918. The van der Waals surface area contributed by atoms with Crippen LogP contribution in [0.3, 0.4) is 0 Å². The van der Waals surface area contributed by atoms with Crippen molar-refractivity contribution in [2.75, 3.05) is 7.11 Å². The molecule has 0 atom stereocenters. The summed E-state index contributed by atoms with van der Waals surface area (Å²) in [6.07, 6.45) is 2.00. The molecule has 0 aliphatic carbocycles. The molecule has 0 aromatic carbocycles. The predicted octanol–water partition coefficient (Wildman–Crippen LogP) is 1.73. The van der Waals surface area contributed by atoms with Gasteiger partial charge in [0.05, 0.1) is 12.8 Å². The maximum absolute atomic E-state index is 5.07. The second-order valence-electron chi connectivity index (χ2n) is 3.97. The summed E-state index contributed by atoms with van der Waals surface area (Å²) in [5.74, 6) is 0. The number of methoxy groups -OCH3 is 1. The molecule has 0 bridgehead atoms. The van der Waals surface area contributed by atoms with Crippen LogP contribution in [0, 0.1) is 0 Å². The van der Waals surface area contributed by atoms with Gasteiger partial charge in [0.1, 0.15) is 0 Å². The molecular formula is C9H16N2O. The molecule has 1 aromatic rings. The third kappa shape index (κ3) is 1.60. The van der Waals surface area contributed by atoms with Gasteiger partial charge in [-0.15, -0.1) is 0 Å². The third-order valence-corrected chi connectivity index (χ3v) is 1.78. The summed E-state index contributed by atoms with van der Waals surface area (Å²) in [4.78, 5) is 4.34. The number of aromatic nitrogens is 2. The number of hydrogen-bond donors (Lipinski definition) is 0. The van der Waals surface area contributed by atoms with Gasteiger partial charge in [0, 0.05) is 18.7 Å². The molecular weight excluding hydrogens is 152 g/mol. The van der Waals surface area contributed by atoms with Crippen molar-refractivity contribution in [3.63, 3.8) is 0 Å². The summed E-state index contributed by atoms with van der Waals surface area (Å²) in [5, 5.41) is 0. The molecule has 0 aliphatic heterocycles. The van der Waals surface area contributed by atoms with Gasteiger partial charge in [-0.1, -0.05) is 20.8 Å². The fourth-order valence-electron chi connectivity index (χ4n) is 1.00. The van der Waals surface area contributed by atoms with Gasteiger partial charge in [0.15, 0.2) is 0 Å². The molecule has 3 heteroatoms. The van der Waals surface area contributed by atoms with E-state index in [2.05, 4.69) is 25.8 Å². The fraction of sp³-hybridized carbons (Fsp3) is 0.667. The fourth-order valence-corrected chi connectivity index (χ4v) is 1.00. The average molecular weight is 168 g/mol. The molecule has 0 unspecified atom stereocenters. The first kappa shape index (κ1) is 9.10. The van der Waals surface area contributed by atoms with Gasteiger partial charge in [0.25, 0.3) is 6.01 Å². The normalized spacial score (nSPS) is 11.8. The first-order valence-electron chi connectivity index (χ1n) is 4.03. The largest absolute Gasteiger partial charge is 0.468 e. The quantitative estimate of drug-likeness (QED) is 0.638. The molecule has 68 valence electrons. The lowest BCUT2D eigenvalue weighted by atomic mass is 9.93. The lowest BCUT2D eigenvalue weighted by Gasteiger charge is -2.13. The molecule has 1 aromatic heterocycles. The highest BCUT2D eigenvalue weighted by molar-refractivity contribution is 5.15. The van der Waals surface area contributed by atoms with Crippen molar-refractivity contribution in [1.29, 1.82) is 0 Å². The van der Waals surface area contributed by atoms with E-state index in [9.17, 15) is 0 Å². The Morgan fingerprint density at radius 1 is 1.42 bits per heavy atom. The van der Waals surface area contributed by atoms with E-state index >= 15 is 0 Å². The number of imidazole rings is 1. The summed E-state index contributed by atoms with van der Waals surface area (Å²) in [7, 11) is 3.57. The van der Waals surface area contributed by atoms with E-state index < -0.39 is 0 Å². The van der Waals surface area contributed by atoms with Crippen LogP contribution in [-0.2, 0) is 12.5 Å². The molecule has 0 saturated carbocycles. The lowest BCUT2D eigenvalue weighted by molar-refractivity contribution is 0.364. The van der Waals surface area contributed by atoms with E-state index in [-0.39, 0.29) is 5.41 Å². The molecule has 0 spiro atoms. The van der Waals surface area contributed by atoms with Crippen LogP contribution < -0.4 is 4.74 Å². The Balaban J connectivity index is 3.05. The summed E-state index contributed by atoms with van der Waals surface area (Å²) in [6.45, 7) is 6.40. The molecule has 1 heterocycles. The number of aryl methyl sites for hydroxylation is 1. The molecule has 3 nitrogen and oxygen atoms in total. The van der Waals surface area contributed by atoms with Gasteiger partial charge in [-0.2, -0.15) is 4.98 Å².